The van der Waals surface area contributed by atoms with Gasteiger partial charge in [0.15, 0.2) is 0 Å². The average Bonchev–Trinajstić information content (AvgIpc) is 2.85. The summed E-state index contributed by atoms with van der Waals surface area (Å²) in [5.74, 6) is -0.233. The highest BCUT2D eigenvalue weighted by Gasteiger charge is 2.22. The number of carbonyl (C=O) groups excluding carboxylic acids is 2. The second kappa shape index (κ2) is 10.4. The summed E-state index contributed by atoms with van der Waals surface area (Å²) < 4.78 is 6.70. The zero-order chi connectivity index (χ0) is 25.8. The number of methoxy groups -OCH3 is 1. The Morgan fingerprint density at radius 1 is 1.03 bits per heavy atom. The lowest BCUT2D eigenvalue weighted by Crippen LogP contribution is -2.38. The third-order valence-electron chi connectivity index (χ3n) is 5.99. The van der Waals surface area contributed by atoms with Gasteiger partial charge in [-0.3, -0.25) is 23.9 Å². The van der Waals surface area contributed by atoms with E-state index in [0.717, 1.165) is 16.7 Å². The van der Waals surface area contributed by atoms with Gasteiger partial charge >= 0.3 is 0 Å². The quantitative estimate of drug-likeness (QED) is 0.424. The monoisotopic (exact) mass is 484 g/mol. The van der Waals surface area contributed by atoms with Crippen LogP contribution in [0, 0.1) is 13.8 Å². The number of ether oxygens (including phenoxy) is 1. The van der Waals surface area contributed by atoms with Crippen LogP contribution in [0.3, 0.4) is 0 Å². The molecular formula is C28H28N4O4. The van der Waals surface area contributed by atoms with Gasteiger partial charge in [-0.25, -0.2) is 4.98 Å². The number of aromatic nitrogens is 2. The van der Waals surface area contributed by atoms with Crippen LogP contribution in [0.15, 0.2) is 71.5 Å². The molecule has 0 aliphatic heterocycles. The molecule has 0 aliphatic carbocycles. The van der Waals surface area contributed by atoms with Crippen molar-refractivity contribution in [2.75, 3.05) is 17.3 Å². The first kappa shape index (κ1) is 24.7. The number of benzene rings is 3. The van der Waals surface area contributed by atoms with E-state index in [9.17, 15) is 14.4 Å². The minimum absolute atomic E-state index is 0.0228. The van der Waals surface area contributed by atoms with E-state index in [1.807, 2.05) is 44.2 Å². The number of nitrogens with zero attached hydrogens (tertiary/aromatic N) is 3. The standard InChI is InChI=1S/C28H28N4O4/c1-18-13-14-25(36-4)23(15-18)29-26(34)17-32-24-12-8-7-11-22(24)30-27(28(32)35)31(20(3)33)16-21-10-6-5-9-19(21)2/h5-15H,16-17H2,1-4H3,(H,29,34). The second-order valence-electron chi connectivity index (χ2n) is 8.60. The number of para-hydroxylation sites is 2. The number of nitrogens with one attached hydrogen (secondary N) is 1. The molecule has 36 heavy (non-hydrogen) atoms. The zero-order valence-corrected chi connectivity index (χ0v) is 20.7. The Kier molecular flexibility index (Phi) is 7.15. The fourth-order valence-corrected chi connectivity index (χ4v) is 4.06. The molecule has 1 N–H and O–H groups in total. The Morgan fingerprint density at radius 3 is 2.47 bits per heavy atom. The first-order valence-electron chi connectivity index (χ1n) is 11.5. The molecule has 0 saturated carbocycles. The van der Waals surface area contributed by atoms with Gasteiger partial charge in [0.1, 0.15) is 12.3 Å². The lowest BCUT2D eigenvalue weighted by molar-refractivity contribution is -0.117. The van der Waals surface area contributed by atoms with Crippen molar-refractivity contribution in [1.82, 2.24) is 9.55 Å². The SMILES string of the molecule is COc1ccc(C)cc1NC(=O)Cn1c(=O)c(N(Cc2ccccc2C)C(C)=O)nc2ccccc21. The molecule has 1 heterocycles. The van der Waals surface area contributed by atoms with Crippen molar-refractivity contribution in [3.63, 3.8) is 0 Å². The number of amides is 2. The van der Waals surface area contributed by atoms with E-state index in [4.69, 9.17) is 4.74 Å². The maximum absolute atomic E-state index is 13.7. The maximum Gasteiger partial charge on any atom is 0.294 e. The summed E-state index contributed by atoms with van der Waals surface area (Å²) in [6.07, 6.45) is 0. The van der Waals surface area contributed by atoms with E-state index >= 15 is 0 Å². The minimum Gasteiger partial charge on any atom is -0.495 e. The number of rotatable bonds is 7. The number of hydrogen-bond acceptors (Lipinski definition) is 5. The largest absolute Gasteiger partial charge is 0.495 e. The highest BCUT2D eigenvalue weighted by Crippen LogP contribution is 2.25. The molecule has 0 unspecified atom stereocenters. The Labute approximate surface area is 209 Å². The van der Waals surface area contributed by atoms with Gasteiger partial charge in [-0.05, 0) is 54.8 Å². The predicted molar refractivity (Wildman–Crippen MR) is 140 cm³/mol. The van der Waals surface area contributed by atoms with Gasteiger partial charge in [-0.1, -0.05) is 42.5 Å². The van der Waals surface area contributed by atoms with Crippen LogP contribution in [0.2, 0.25) is 0 Å². The first-order valence-corrected chi connectivity index (χ1v) is 11.5. The molecule has 0 aliphatic rings. The van der Waals surface area contributed by atoms with Crippen molar-refractivity contribution in [3.8, 4) is 5.75 Å². The number of hydrogen-bond donors (Lipinski definition) is 1. The average molecular weight is 485 g/mol. The van der Waals surface area contributed by atoms with Gasteiger partial charge in [0.25, 0.3) is 5.56 Å². The van der Waals surface area contributed by atoms with Crippen LogP contribution in [0.25, 0.3) is 11.0 Å². The summed E-state index contributed by atoms with van der Waals surface area (Å²) in [6, 6.07) is 20.2. The van der Waals surface area contributed by atoms with Crippen LogP contribution in [-0.4, -0.2) is 28.5 Å². The summed E-state index contributed by atoms with van der Waals surface area (Å²) >= 11 is 0. The Balaban J connectivity index is 1.76. The zero-order valence-electron chi connectivity index (χ0n) is 20.7. The third kappa shape index (κ3) is 5.12. The highest BCUT2D eigenvalue weighted by atomic mass is 16.5. The number of fused-ring (bicyclic) bond motifs is 1. The molecule has 0 atom stereocenters. The Bertz CT molecular complexity index is 1510. The normalized spacial score (nSPS) is 10.8. The van der Waals surface area contributed by atoms with E-state index in [1.54, 1.807) is 36.4 Å². The summed E-state index contributed by atoms with van der Waals surface area (Å²) in [5.41, 5.74) is 3.84. The van der Waals surface area contributed by atoms with Gasteiger partial charge in [0.2, 0.25) is 17.6 Å². The fourth-order valence-electron chi connectivity index (χ4n) is 4.06. The number of anilines is 2. The molecule has 0 saturated heterocycles. The minimum atomic E-state index is -0.524. The molecule has 184 valence electrons. The van der Waals surface area contributed by atoms with Gasteiger partial charge in [0.05, 0.1) is 30.4 Å². The van der Waals surface area contributed by atoms with Crippen LogP contribution in [0.1, 0.15) is 23.6 Å². The van der Waals surface area contributed by atoms with Crippen molar-refractivity contribution in [3.05, 3.63) is 93.8 Å². The van der Waals surface area contributed by atoms with E-state index < -0.39 is 11.5 Å². The van der Waals surface area contributed by atoms with Gasteiger partial charge in [-0.15, -0.1) is 0 Å². The van der Waals surface area contributed by atoms with Crippen LogP contribution < -0.4 is 20.5 Å². The molecule has 8 nitrogen and oxygen atoms in total. The van der Waals surface area contributed by atoms with Crippen molar-refractivity contribution in [2.24, 2.45) is 0 Å². The molecule has 0 fully saturated rings. The summed E-state index contributed by atoms with van der Waals surface area (Å²) in [5, 5.41) is 2.84. The summed E-state index contributed by atoms with van der Waals surface area (Å²) in [6.45, 7) is 5.18. The number of carbonyl (C=O) groups is 2. The molecule has 4 rings (SSSR count). The van der Waals surface area contributed by atoms with E-state index in [0.29, 0.717) is 22.5 Å². The molecule has 8 heteroatoms. The van der Waals surface area contributed by atoms with E-state index in [-0.39, 0.29) is 24.8 Å². The van der Waals surface area contributed by atoms with Crippen molar-refractivity contribution >= 4 is 34.4 Å². The molecule has 3 aromatic carbocycles. The highest BCUT2D eigenvalue weighted by molar-refractivity contribution is 5.94. The molecular weight excluding hydrogens is 456 g/mol. The lowest BCUT2D eigenvalue weighted by atomic mass is 10.1. The van der Waals surface area contributed by atoms with Gasteiger partial charge in [-0.2, -0.15) is 0 Å². The van der Waals surface area contributed by atoms with Crippen LogP contribution >= 0.6 is 0 Å². The maximum atomic E-state index is 13.7. The molecule has 1 aromatic heterocycles. The van der Waals surface area contributed by atoms with Crippen molar-refractivity contribution in [1.29, 1.82) is 0 Å². The van der Waals surface area contributed by atoms with Gasteiger partial charge in [0, 0.05) is 6.92 Å². The molecule has 0 bridgehead atoms. The Hall–Kier alpha value is -4.46. The topological polar surface area (TPSA) is 93.5 Å². The lowest BCUT2D eigenvalue weighted by Gasteiger charge is -2.22. The Morgan fingerprint density at radius 2 is 1.75 bits per heavy atom. The van der Waals surface area contributed by atoms with Crippen molar-refractivity contribution < 1.29 is 14.3 Å². The first-order chi connectivity index (χ1) is 17.3. The van der Waals surface area contributed by atoms with Crippen LogP contribution in [0.4, 0.5) is 11.5 Å². The van der Waals surface area contributed by atoms with Crippen molar-refractivity contribution in [2.45, 2.75) is 33.9 Å². The van der Waals surface area contributed by atoms with Crippen LogP contribution in [0.5, 0.6) is 5.75 Å². The number of aryl methyl sites for hydroxylation is 2. The second-order valence-corrected chi connectivity index (χ2v) is 8.60. The smallest absolute Gasteiger partial charge is 0.294 e. The molecule has 0 radical (unpaired) electrons. The van der Waals surface area contributed by atoms with Gasteiger partial charge < -0.3 is 10.1 Å². The fraction of sp³-hybridized carbons (Fsp3) is 0.214. The molecule has 4 aromatic rings. The van der Waals surface area contributed by atoms with E-state index in [1.165, 1.54) is 23.5 Å². The summed E-state index contributed by atoms with van der Waals surface area (Å²) in [4.78, 5) is 45.3. The summed E-state index contributed by atoms with van der Waals surface area (Å²) in [7, 11) is 1.53. The van der Waals surface area contributed by atoms with Crippen LogP contribution in [-0.2, 0) is 22.7 Å². The van der Waals surface area contributed by atoms with E-state index in [2.05, 4.69) is 10.3 Å². The molecule has 2 amide bonds. The predicted octanol–water partition coefficient (Wildman–Crippen LogP) is 4.21. The molecule has 0 spiro atoms. The third-order valence-corrected chi connectivity index (χ3v) is 5.99.